The van der Waals surface area contributed by atoms with E-state index in [9.17, 15) is 0 Å². The van der Waals surface area contributed by atoms with Crippen LogP contribution >= 0.6 is 0 Å². The summed E-state index contributed by atoms with van der Waals surface area (Å²) < 4.78 is 7.08. The van der Waals surface area contributed by atoms with Crippen molar-refractivity contribution in [2.45, 2.75) is 26.8 Å². The van der Waals surface area contributed by atoms with Crippen molar-refractivity contribution in [3.8, 4) is 0 Å². The van der Waals surface area contributed by atoms with Crippen LogP contribution < -0.4 is 5.32 Å². The summed E-state index contributed by atoms with van der Waals surface area (Å²) in [5.74, 6) is 1.32. The molecule has 0 spiro atoms. The first-order valence-electron chi connectivity index (χ1n) is 6.18. The third-order valence-electron chi connectivity index (χ3n) is 2.99. The fraction of sp³-hybridized carbons (Fsp3) is 0.538. The molecular formula is C13H20N4O. The van der Waals surface area contributed by atoms with Crippen LogP contribution in [0.3, 0.4) is 0 Å². The maximum Gasteiger partial charge on any atom is 0.152 e. The van der Waals surface area contributed by atoms with Gasteiger partial charge in [-0.05, 0) is 18.9 Å². The number of fused-ring (bicyclic) bond motifs is 1. The molecule has 0 bridgehead atoms. The molecule has 0 aliphatic rings. The number of aryl methyl sites for hydroxylation is 1. The molecule has 0 saturated carbocycles. The SMILES string of the molecule is COCC(Nc1nccn2nc(C)cc12)C(C)C. The average Bonchev–Trinajstić information content (AvgIpc) is 2.69. The van der Waals surface area contributed by atoms with Crippen molar-refractivity contribution in [2.24, 2.45) is 5.92 Å². The molecule has 0 saturated heterocycles. The molecule has 2 aromatic heterocycles. The monoisotopic (exact) mass is 248 g/mol. The molecule has 5 nitrogen and oxygen atoms in total. The molecule has 1 atom stereocenters. The first-order valence-corrected chi connectivity index (χ1v) is 6.18. The number of aromatic nitrogens is 3. The molecule has 0 aliphatic heterocycles. The molecule has 0 amide bonds. The Morgan fingerprint density at radius 3 is 2.89 bits per heavy atom. The molecule has 1 N–H and O–H groups in total. The van der Waals surface area contributed by atoms with Crippen LogP contribution in [0.2, 0.25) is 0 Å². The van der Waals surface area contributed by atoms with Crippen molar-refractivity contribution in [3.63, 3.8) is 0 Å². The molecule has 98 valence electrons. The van der Waals surface area contributed by atoms with E-state index >= 15 is 0 Å². The van der Waals surface area contributed by atoms with E-state index in [0.717, 1.165) is 17.0 Å². The number of nitrogens with one attached hydrogen (secondary N) is 1. The number of anilines is 1. The Balaban J connectivity index is 2.29. The maximum atomic E-state index is 5.24. The molecule has 1 unspecified atom stereocenters. The van der Waals surface area contributed by atoms with E-state index in [2.05, 4.69) is 29.2 Å². The van der Waals surface area contributed by atoms with Gasteiger partial charge < -0.3 is 10.1 Å². The highest BCUT2D eigenvalue weighted by atomic mass is 16.5. The van der Waals surface area contributed by atoms with E-state index in [4.69, 9.17) is 4.74 Å². The normalized spacial score (nSPS) is 13.2. The molecule has 2 aromatic rings. The number of methoxy groups -OCH3 is 1. The second-order valence-corrected chi connectivity index (χ2v) is 4.84. The van der Waals surface area contributed by atoms with E-state index < -0.39 is 0 Å². The summed E-state index contributed by atoms with van der Waals surface area (Å²) in [7, 11) is 1.72. The van der Waals surface area contributed by atoms with Crippen LogP contribution in [-0.4, -0.2) is 34.4 Å². The lowest BCUT2D eigenvalue weighted by molar-refractivity contribution is 0.171. The lowest BCUT2D eigenvalue weighted by Gasteiger charge is -2.22. The van der Waals surface area contributed by atoms with Gasteiger partial charge >= 0.3 is 0 Å². The van der Waals surface area contributed by atoms with Crippen LogP contribution in [0, 0.1) is 12.8 Å². The lowest BCUT2D eigenvalue weighted by Crippen LogP contribution is -2.31. The fourth-order valence-corrected chi connectivity index (χ4v) is 1.91. The first-order chi connectivity index (χ1) is 8.61. The lowest BCUT2D eigenvalue weighted by atomic mass is 10.1. The van der Waals surface area contributed by atoms with Gasteiger partial charge in [-0.15, -0.1) is 0 Å². The van der Waals surface area contributed by atoms with E-state index in [-0.39, 0.29) is 6.04 Å². The Kier molecular flexibility index (Phi) is 3.81. The predicted molar refractivity (Wildman–Crippen MR) is 71.8 cm³/mol. The van der Waals surface area contributed by atoms with Gasteiger partial charge in [-0.3, -0.25) is 0 Å². The zero-order chi connectivity index (χ0) is 13.1. The molecule has 2 rings (SSSR count). The maximum absolute atomic E-state index is 5.24. The van der Waals surface area contributed by atoms with Gasteiger partial charge in [0.25, 0.3) is 0 Å². The third-order valence-corrected chi connectivity index (χ3v) is 2.99. The summed E-state index contributed by atoms with van der Waals surface area (Å²) >= 11 is 0. The highest BCUT2D eigenvalue weighted by molar-refractivity contribution is 5.68. The van der Waals surface area contributed by atoms with Gasteiger partial charge in [-0.2, -0.15) is 5.10 Å². The van der Waals surface area contributed by atoms with Gasteiger partial charge in [0, 0.05) is 19.5 Å². The second-order valence-electron chi connectivity index (χ2n) is 4.84. The Morgan fingerprint density at radius 1 is 1.44 bits per heavy atom. The van der Waals surface area contributed by atoms with Crippen LogP contribution in [0.15, 0.2) is 18.5 Å². The van der Waals surface area contributed by atoms with Gasteiger partial charge in [-0.25, -0.2) is 9.50 Å². The van der Waals surface area contributed by atoms with E-state index in [0.29, 0.717) is 12.5 Å². The molecule has 0 radical (unpaired) electrons. The second kappa shape index (κ2) is 5.35. The number of nitrogens with zero attached hydrogens (tertiary/aromatic N) is 3. The Bertz CT molecular complexity index is 521. The summed E-state index contributed by atoms with van der Waals surface area (Å²) in [6.45, 7) is 6.97. The van der Waals surface area contributed by atoms with Crippen LogP contribution in [-0.2, 0) is 4.74 Å². The minimum Gasteiger partial charge on any atom is -0.383 e. The third kappa shape index (κ3) is 2.61. The standard InChI is InChI=1S/C13H20N4O/c1-9(2)11(8-18-4)15-13-12-7-10(3)16-17(12)6-5-14-13/h5-7,9,11H,8H2,1-4H3,(H,14,15). The summed E-state index contributed by atoms with van der Waals surface area (Å²) in [4.78, 5) is 4.40. The Hall–Kier alpha value is -1.62. The summed E-state index contributed by atoms with van der Waals surface area (Å²) in [6.07, 6.45) is 3.61. The number of hydrogen-bond donors (Lipinski definition) is 1. The molecule has 0 aliphatic carbocycles. The smallest absolute Gasteiger partial charge is 0.152 e. The van der Waals surface area contributed by atoms with Crippen LogP contribution in [0.5, 0.6) is 0 Å². The van der Waals surface area contributed by atoms with Crippen molar-refractivity contribution in [1.82, 2.24) is 14.6 Å². The molecule has 0 aromatic carbocycles. The van der Waals surface area contributed by atoms with Crippen molar-refractivity contribution in [2.75, 3.05) is 19.0 Å². The molecular weight excluding hydrogens is 228 g/mol. The highest BCUT2D eigenvalue weighted by Gasteiger charge is 2.15. The van der Waals surface area contributed by atoms with Crippen molar-refractivity contribution >= 4 is 11.3 Å². The number of rotatable bonds is 5. The van der Waals surface area contributed by atoms with Crippen LogP contribution in [0.4, 0.5) is 5.82 Å². The first kappa shape index (κ1) is 12.8. The fourth-order valence-electron chi connectivity index (χ4n) is 1.91. The Morgan fingerprint density at radius 2 is 2.22 bits per heavy atom. The summed E-state index contributed by atoms with van der Waals surface area (Å²) in [5, 5.41) is 7.82. The van der Waals surface area contributed by atoms with Gasteiger partial charge in [-0.1, -0.05) is 13.8 Å². The largest absolute Gasteiger partial charge is 0.383 e. The molecule has 2 heterocycles. The predicted octanol–water partition coefficient (Wildman–Crippen LogP) is 2.12. The van der Waals surface area contributed by atoms with E-state index in [1.54, 1.807) is 13.3 Å². The summed E-state index contributed by atoms with van der Waals surface area (Å²) in [5.41, 5.74) is 1.98. The average molecular weight is 248 g/mol. The highest BCUT2D eigenvalue weighted by Crippen LogP contribution is 2.17. The van der Waals surface area contributed by atoms with Gasteiger partial charge in [0.2, 0.25) is 0 Å². The quantitative estimate of drug-likeness (QED) is 0.880. The van der Waals surface area contributed by atoms with Crippen LogP contribution in [0.1, 0.15) is 19.5 Å². The topological polar surface area (TPSA) is 51.5 Å². The molecule has 0 fully saturated rings. The van der Waals surface area contributed by atoms with Crippen molar-refractivity contribution in [3.05, 3.63) is 24.2 Å². The zero-order valence-electron chi connectivity index (χ0n) is 11.3. The van der Waals surface area contributed by atoms with Crippen LogP contribution in [0.25, 0.3) is 5.52 Å². The molecule has 18 heavy (non-hydrogen) atoms. The minimum atomic E-state index is 0.240. The zero-order valence-corrected chi connectivity index (χ0v) is 11.3. The van der Waals surface area contributed by atoms with Gasteiger partial charge in [0.05, 0.1) is 18.3 Å². The Labute approximate surface area is 107 Å². The van der Waals surface area contributed by atoms with E-state index in [1.807, 2.05) is 23.7 Å². The summed E-state index contributed by atoms with van der Waals surface area (Å²) in [6, 6.07) is 2.27. The molecule has 5 heteroatoms. The van der Waals surface area contributed by atoms with Crippen molar-refractivity contribution in [1.29, 1.82) is 0 Å². The number of hydrogen-bond acceptors (Lipinski definition) is 4. The van der Waals surface area contributed by atoms with Crippen molar-refractivity contribution < 1.29 is 4.74 Å². The van der Waals surface area contributed by atoms with Gasteiger partial charge in [0.15, 0.2) is 5.82 Å². The van der Waals surface area contributed by atoms with E-state index in [1.165, 1.54) is 0 Å². The van der Waals surface area contributed by atoms with Gasteiger partial charge in [0.1, 0.15) is 5.52 Å². The number of ether oxygens (including phenoxy) is 1. The minimum absolute atomic E-state index is 0.240.